The van der Waals surface area contributed by atoms with E-state index in [-0.39, 0.29) is 18.4 Å². The topological polar surface area (TPSA) is 61.9 Å². The molecule has 146 valence electrons. The molecule has 6 nitrogen and oxygen atoms in total. The second-order valence-corrected chi connectivity index (χ2v) is 7.84. The molecule has 2 saturated heterocycles. The van der Waals surface area contributed by atoms with Crippen LogP contribution in [0.15, 0.2) is 30.3 Å². The number of amides is 2. The number of nitrogens with one attached hydrogen (secondary N) is 1. The van der Waals surface area contributed by atoms with Crippen molar-refractivity contribution in [2.24, 2.45) is 0 Å². The molecule has 0 unspecified atom stereocenters. The van der Waals surface area contributed by atoms with Crippen molar-refractivity contribution in [3.63, 3.8) is 0 Å². The number of benzene rings is 1. The molecule has 2 heterocycles. The number of nitrogens with zero attached hydrogens (tertiary/aromatic N) is 2. The highest BCUT2D eigenvalue weighted by molar-refractivity contribution is 5.86. The second kappa shape index (κ2) is 8.40. The fourth-order valence-electron chi connectivity index (χ4n) is 4.66. The number of rotatable bonds is 3. The Labute approximate surface area is 160 Å². The third-order valence-corrected chi connectivity index (χ3v) is 6.10. The fraction of sp³-hybridized carbons (Fsp3) is 0.619. The van der Waals surface area contributed by atoms with Crippen LogP contribution >= 0.6 is 0 Å². The number of hydrogen-bond donors (Lipinski definition) is 1. The van der Waals surface area contributed by atoms with Crippen molar-refractivity contribution in [3.8, 4) is 0 Å². The average Bonchev–Trinajstić information content (AvgIpc) is 3.13. The lowest BCUT2D eigenvalue weighted by Crippen LogP contribution is -2.54. The molecule has 27 heavy (non-hydrogen) atoms. The summed E-state index contributed by atoms with van der Waals surface area (Å²) in [4.78, 5) is 29.6. The van der Waals surface area contributed by atoms with Crippen LogP contribution in [0.5, 0.6) is 0 Å². The predicted molar refractivity (Wildman–Crippen MR) is 102 cm³/mol. The maximum Gasteiger partial charge on any atom is 0.254 e. The van der Waals surface area contributed by atoms with Gasteiger partial charge in [0.05, 0.1) is 6.04 Å². The number of hydrogen-bond acceptors (Lipinski definition) is 4. The minimum Gasteiger partial charge on any atom is -0.356 e. The highest BCUT2D eigenvalue weighted by Gasteiger charge is 2.39. The van der Waals surface area contributed by atoms with Gasteiger partial charge in [-0.15, -0.1) is 0 Å². The zero-order chi connectivity index (χ0) is 18.6. The molecule has 2 atom stereocenters. The van der Waals surface area contributed by atoms with Gasteiger partial charge < -0.3 is 15.0 Å². The molecule has 1 aromatic carbocycles. The number of morpholine rings is 1. The fourth-order valence-corrected chi connectivity index (χ4v) is 4.66. The van der Waals surface area contributed by atoms with Crippen molar-refractivity contribution in [1.29, 1.82) is 0 Å². The molecule has 3 aliphatic rings. The van der Waals surface area contributed by atoms with Crippen LogP contribution in [0.25, 0.3) is 0 Å². The van der Waals surface area contributed by atoms with Crippen LogP contribution in [0.3, 0.4) is 0 Å². The molecule has 1 N–H and O–H groups in total. The Morgan fingerprint density at radius 2 is 1.78 bits per heavy atom. The molecule has 2 amide bonds. The van der Waals surface area contributed by atoms with Crippen LogP contribution in [-0.2, 0) is 14.3 Å². The van der Waals surface area contributed by atoms with Crippen LogP contribution in [-0.4, -0.2) is 66.5 Å². The quantitative estimate of drug-likeness (QED) is 0.879. The Hall–Kier alpha value is -1.92. The molecular weight excluding hydrogens is 342 g/mol. The lowest BCUT2D eigenvalue weighted by atomic mass is 9.98. The van der Waals surface area contributed by atoms with E-state index in [0.717, 1.165) is 38.2 Å². The van der Waals surface area contributed by atoms with Gasteiger partial charge in [0.2, 0.25) is 5.91 Å². The Balaban J connectivity index is 1.44. The van der Waals surface area contributed by atoms with Crippen molar-refractivity contribution in [1.82, 2.24) is 15.1 Å². The van der Waals surface area contributed by atoms with Gasteiger partial charge in [-0.05, 0) is 24.8 Å². The first-order chi connectivity index (χ1) is 13.2. The van der Waals surface area contributed by atoms with E-state index in [1.165, 1.54) is 25.7 Å². The van der Waals surface area contributed by atoms with E-state index in [2.05, 4.69) is 10.2 Å². The molecule has 1 aromatic rings. The van der Waals surface area contributed by atoms with Gasteiger partial charge in [0.25, 0.3) is 5.91 Å². The Kier molecular flexibility index (Phi) is 5.74. The molecule has 0 spiro atoms. The molecule has 0 radical (unpaired) electrons. The molecule has 1 aliphatic carbocycles. The zero-order valence-electron chi connectivity index (χ0n) is 15.8. The smallest absolute Gasteiger partial charge is 0.254 e. The van der Waals surface area contributed by atoms with Crippen LogP contribution in [0.4, 0.5) is 0 Å². The van der Waals surface area contributed by atoms with Gasteiger partial charge in [-0.3, -0.25) is 14.5 Å². The molecule has 4 rings (SSSR count). The van der Waals surface area contributed by atoms with E-state index in [1.54, 1.807) is 0 Å². The van der Waals surface area contributed by atoms with E-state index in [1.807, 2.05) is 35.2 Å². The number of ether oxygens (including phenoxy) is 1. The highest BCUT2D eigenvalue weighted by atomic mass is 16.5. The summed E-state index contributed by atoms with van der Waals surface area (Å²) in [5, 5.41) is 2.95. The lowest BCUT2D eigenvalue weighted by molar-refractivity contribution is -0.155. The molecule has 0 bridgehead atoms. The summed E-state index contributed by atoms with van der Waals surface area (Å²) in [5.41, 5.74) is 0.909. The lowest BCUT2D eigenvalue weighted by Gasteiger charge is -2.35. The van der Waals surface area contributed by atoms with Crippen molar-refractivity contribution in [3.05, 3.63) is 35.9 Å². The van der Waals surface area contributed by atoms with Crippen molar-refractivity contribution >= 4 is 11.8 Å². The van der Waals surface area contributed by atoms with Gasteiger partial charge in [0.15, 0.2) is 6.10 Å². The Bertz CT molecular complexity index is 660. The summed E-state index contributed by atoms with van der Waals surface area (Å²) in [7, 11) is 0. The number of carbonyl (C=O) groups is 2. The van der Waals surface area contributed by atoms with E-state index >= 15 is 0 Å². The van der Waals surface area contributed by atoms with E-state index < -0.39 is 12.1 Å². The highest BCUT2D eigenvalue weighted by Crippen LogP contribution is 2.26. The van der Waals surface area contributed by atoms with Gasteiger partial charge in [0, 0.05) is 32.2 Å². The third kappa shape index (κ3) is 4.17. The number of carbonyl (C=O) groups excluding carboxylic acids is 2. The third-order valence-electron chi connectivity index (χ3n) is 6.10. The molecular formula is C21H29N3O3. The van der Waals surface area contributed by atoms with E-state index in [9.17, 15) is 9.59 Å². The minimum absolute atomic E-state index is 0.00266. The maximum atomic E-state index is 13.3. The summed E-state index contributed by atoms with van der Waals surface area (Å²) >= 11 is 0. The monoisotopic (exact) mass is 371 g/mol. The largest absolute Gasteiger partial charge is 0.356 e. The van der Waals surface area contributed by atoms with Gasteiger partial charge in [-0.2, -0.15) is 0 Å². The molecule has 0 aromatic heterocycles. The van der Waals surface area contributed by atoms with Gasteiger partial charge >= 0.3 is 0 Å². The van der Waals surface area contributed by atoms with Crippen LogP contribution < -0.4 is 5.32 Å². The first-order valence-corrected chi connectivity index (χ1v) is 10.2. The van der Waals surface area contributed by atoms with Crippen molar-refractivity contribution in [2.75, 3.05) is 32.8 Å². The van der Waals surface area contributed by atoms with Gasteiger partial charge in [-0.1, -0.05) is 43.2 Å². The standard InChI is InChI=1S/C21H29N3O3/c25-18-15-27-20(19(22-18)16-7-2-1-3-8-16)21(26)24-12-6-11-23(13-14-24)17-9-4-5-10-17/h1-3,7-8,17,19-20H,4-6,9-15H2,(H,22,25)/t19-,20+/m1/s1. The van der Waals surface area contributed by atoms with Gasteiger partial charge in [0.1, 0.15) is 6.61 Å². The molecule has 3 fully saturated rings. The summed E-state index contributed by atoms with van der Waals surface area (Å²) in [6.07, 6.45) is 5.60. The predicted octanol–water partition coefficient (Wildman–Crippen LogP) is 1.72. The van der Waals surface area contributed by atoms with Crippen LogP contribution in [0, 0.1) is 0 Å². The first-order valence-electron chi connectivity index (χ1n) is 10.2. The Morgan fingerprint density at radius 3 is 2.56 bits per heavy atom. The summed E-state index contributed by atoms with van der Waals surface area (Å²) in [6.45, 7) is 3.45. The average molecular weight is 371 g/mol. The van der Waals surface area contributed by atoms with Gasteiger partial charge in [-0.25, -0.2) is 0 Å². The molecule has 1 saturated carbocycles. The zero-order valence-corrected chi connectivity index (χ0v) is 15.8. The summed E-state index contributed by atoms with van der Waals surface area (Å²) in [5.74, 6) is -0.173. The normalized spacial score (nSPS) is 28.0. The molecule has 2 aliphatic heterocycles. The summed E-state index contributed by atoms with van der Waals surface area (Å²) < 4.78 is 5.72. The Morgan fingerprint density at radius 1 is 1.00 bits per heavy atom. The van der Waals surface area contributed by atoms with E-state index in [4.69, 9.17) is 4.74 Å². The van der Waals surface area contributed by atoms with Crippen LogP contribution in [0.1, 0.15) is 43.7 Å². The van der Waals surface area contributed by atoms with Crippen molar-refractivity contribution < 1.29 is 14.3 Å². The van der Waals surface area contributed by atoms with Crippen LogP contribution in [0.2, 0.25) is 0 Å². The second-order valence-electron chi connectivity index (χ2n) is 7.84. The first kappa shape index (κ1) is 18.4. The SMILES string of the molecule is O=C1CO[C@H](C(=O)N2CCCN(C3CCCC3)CC2)[C@@H](c2ccccc2)N1. The van der Waals surface area contributed by atoms with E-state index in [0.29, 0.717) is 6.04 Å². The van der Waals surface area contributed by atoms with Crippen molar-refractivity contribution in [2.45, 2.75) is 50.3 Å². The maximum absolute atomic E-state index is 13.3. The minimum atomic E-state index is -0.650. The molecule has 6 heteroatoms. The summed E-state index contributed by atoms with van der Waals surface area (Å²) in [6, 6.07) is 9.91.